The normalized spacial score (nSPS) is 10.8. The summed E-state index contributed by atoms with van der Waals surface area (Å²) >= 11 is 6.26. The number of carboxylic acid groups (broad SMARTS) is 1. The van der Waals surface area contributed by atoms with Gasteiger partial charge in [-0.05, 0) is 29.8 Å². The van der Waals surface area contributed by atoms with Crippen LogP contribution in [0.15, 0.2) is 48.7 Å². The van der Waals surface area contributed by atoms with Gasteiger partial charge < -0.3 is 10.0 Å². The van der Waals surface area contributed by atoms with Gasteiger partial charge in [-0.15, -0.1) is 0 Å². The molecule has 0 aliphatic carbocycles. The highest BCUT2D eigenvalue weighted by molar-refractivity contribution is 6.33. The summed E-state index contributed by atoms with van der Waals surface area (Å²) in [6, 6.07) is 11.1. The molecule has 0 unspecified atom stereocenters. The zero-order chi connectivity index (χ0) is 15.2. The van der Waals surface area contributed by atoms with E-state index >= 15 is 0 Å². The van der Waals surface area contributed by atoms with E-state index in [1.165, 1.54) is 0 Å². The summed E-state index contributed by atoms with van der Waals surface area (Å²) in [7, 11) is 1.90. The summed E-state index contributed by atoms with van der Waals surface area (Å²) in [5, 5.41) is 9.34. The van der Waals surface area contributed by atoms with Crippen LogP contribution in [-0.2, 0) is 11.3 Å². The number of carboxylic acids is 1. The molecule has 1 heterocycles. The first-order valence-electron chi connectivity index (χ1n) is 6.38. The first-order chi connectivity index (χ1) is 10.1. The molecule has 2 rings (SSSR count). The second kappa shape index (κ2) is 6.90. The molecule has 0 spiro atoms. The number of nitrogens with zero attached hydrogens (tertiary/aromatic N) is 2. The van der Waals surface area contributed by atoms with E-state index in [0.29, 0.717) is 11.6 Å². The van der Waals surface area contributed by atoms with Crippen molar-refractivity contribution in [2.45, 2.75) is 6.54 Å². The number of benzene rings is 1. The molecule has 1 N–H and O–H groups in total. The molecule has 0 bridgehead atoms. The van der Waals surface area contributed by atoms with E-state index in [0.717, 1.165) is 23.0 Å². The van der Waals surface area contributed by atoms with E-state index < -0.39 is 5.97 Å². The van der Waals surface area contributed by atoms with Crippen molar-refractivity contribution in [1.82, 2.24) is 4.98 Å². The molecular weight excluding hydrogens is 288 g/mol. The van der Waals surface area contributed by atoms with Gasteiger partial charge in [0.25, 0.3) is 0 Å². The molecule has 4 nitrogen and oxygen atoms in total. The molecule has 2 aromatic rings. The quantitative estimate of drug-likeness (QED) is 0.859. The predicted octanol–water partition coefficient (Wildman–Crippen LogP) is 3.47. The van der Waals surface area contributed by atoms with Crippen LogP contribution in [0.2, 0.25) is 5.02 Å². The third kappa shape index (κ3) is 4.07. The molecule has 5 heteroatoms. The van der Waals surface area contributed by atoms with Crippen LogP contribution in [-0.4, -0.2) is 23.1 Å². The highest BCUT2D eigenvalue weighted by Gasteiger charge is 2.11. The Bertz CT molecular complexity index is 657. The molecule has 0 aliphatic rings. The maximum absolute atomic E-state index is 10.7. The van der Waals surface area contributed by atoms with Gasteiger partial charge in [-0.25, -0.2) is 4.79 Å². The molecule has 0 atom stereocenters. The number of halogens is 1. The molecule has 1 aromatic carbocycles. The summed E-state index contributed by atoms with van der Waals surface area (Å²) in [4.78, 5) is 16.9. The van der Waals surface area contributed by atoms with E-state index in [-0.39, 0.29) is 0 Å². The minimum absolute atomic E-state index is 0.570. The van der Waals surface area contributed by atoms with Crippen LogP contribution in [0.4, 0.5) is 5.69 Å². The molecule has 1 aromatic heterocycles. The second-order valence-electron chi connectivity index (χ2n) is 4.53. The first-order valence-corrected chi connectivity index (χ1v) is 6.76. The molecular formula is C16H15ClN2O2. The fourth-order valence-corrected chi connectivity index (χ4v) is 2.37. The Morgan fingerprint density at radius 2 is 2.14 bits per heavy atom. The average molecular weight is 303 g/mol. The Kier molecular flexibility index (Phi) is 4.95. The van der Waals surface area contributed by atoms with Crippen LogP contribution >= 0.6 is 11.6 Å². The summed E-state index contributed by atoms with van der Waals surface area (Å²) < 4.78 is 0. The first kappa shape index (κ1) is 15.1. The van der Waals surface area contributed by atoms with Crippen LogP contribution in [0, 0.1) is 0 Å². The Morgan fingerprint density at radius 1 is 1.33 bits per heavy atom. The number of pyridine rings is 1. The van der Waals surface area contributed by atoms with Crippen LogP contribution in [0.25, 0.3) is 6.08 Å². The van der Waals surface area contributed by atoms with Gasteiger partial charge in [0.05, 0.1) is 22.9 Å². The molecule has 108 valence electrons. The third-order valence-electron chi connectivity index (χ3n) is 2.93. The Labute approximate surface area is 128 Å². The molecule has 0 fully saturated rings. The zero-order valence-corrected chi connectivity index (χ0v) is 12.3. The maximum Gasteiger partial charge on any atom is 0.328 e. The fourth-order valence-electron chi connectivity index (χ4n) is 2.04. The van der Waals surface area contributed by atoms with Crippen molar-refractivity contribution >= 4 is 29.3 Å². The van der Waals surface area contributed by atoms with Gasteiger partial charge in [-0.1, -0.05) is 29.8 Å². The number of rotatable bonds is 5. The maximum atomic E-state index is 10.7. The summed E-state index contributed by atoms with van der Waals surface area (Å²) in [5.74, 6) is -0.992. The van der Waals surface area contributed by atoms with Crippen molar-refractivity contribution < 1.29 is 9.90 Å². The highest BCUT2D eigenvalue weighted by atomic mass is 35.5. The standard InChI is InChI=1S/C16H15ClN2O2/c1-19(11-13-6-2-3-10-18-13)16-12(8-9-15(20)21)5-4-7-14(16)17/h2-10H,11H2,1H3,(H,20,21)/b9-8+. The van der Waals surface area contributed by atoms with E-state index in [2.05, 4.69) is 4.98 Å². The predicted molar refractivity (Wildman–Crippen MR) is 84.5 cm³/mol. The lowest BCUT2D eigenvalue weighted by Gasteiger charge is -2.22. The number of aliphatic carboxylic acids is 1. The van der Waals surface area contributed by atoms with Crippen molar-refractivity contribution in [3.8, 4) is 0 Å². The van der Waals surface area contributed by atoms with Crippen molar-refractivity contribution in [2.75, 3.05) is 11.9 Å². The van der Waals surface area contributed by atoms with Crippen molar-refractivity contribution in [3.05, 3.63) is 65.0 Å². The van der Waals surface area contributed by atoms with Gasteiger partial charge in [0, 0.05) is 19.3 Å². The Hall–Kier alpha value is -2.33. The lowest BCUT2D eigenvalue weighted by molar-refractivity contribution is -0.131. The molecule has 21 heavy (non-hydrogen) atoms. The number of hydrogen-bond acceptors (Lipinski definition) is 3. The molecule has 0 saturated carbocycles. The number of aromatic nitrogens is 1. The van der Waals surface area contributed by atoms with Crippen LogP contribution in [0.3, 0.4) is 0 Å². The van der Waals surface area contributed by atoms with Gasteiger partial charge in [-0.2, -0.15) is 0 Å². The minimum atomic E-state index is -0.992. The average Bonchev–Trinajstić information content (AvgIpc) is 2.46. The number of carbonyl (C=O) groups is 1. The van der Waals surface area contributed by atoms with Crippen LogP contribution in [0.1, 0.15) is 11.3 Å². The van der Waals surface area contributed by atoms with Crippen LogP contribution < -0.4 is 4.90 Å². The van der Waals surface area contributed by atoms with Crippen molar-refractivity contribution in [1.29, 1.82) is 0 Å². The van der Waals surface area contributed by atoms with Crippen molar-refractivity contribution in [3.63, 3.8) is 0 Å². The van der Waals surface area contributed by atoms with E-state index in [9.17, 15) is 4.79 Å². The van der Waals surface area contributed by atoms with Gasteiger partial charge in [0.1, 0.15) is 0 Å². The molecule has 0 radical (unpaired) electrons. The van der Waals surface area contributed by atoms with Gasteiger partial charge in [0.15, 0.2) is 0 Å². The van der Waals surface area contributed by atoms with E-state index in [1.807, 2.05) is 36.2 Å². The molecule has 0 aliphatic heterocycles. The minimum Gasteiger partial charge on any atom is -0.478 e. The summed E-state index contributed by atoms with van der Waals surface area (Å²) in [6.45, 7) is 0.582. The van der Waals surface area contributed by atoms with E-state index in [1.54, 1.807) is 24.4 Å². The Balaban J connectivity index is 2.31. The monoisotopic (exact) mass is 302 g/mol. The fraction of sp³-hybridized carbons (Fsp3) is 0.125. The summed E-state index contributed by atoms with van der Waals surface area (Å²) in [5.41, 5.74) is 2.44. The number of anilines is 1. The largest absolute Gasteiger partial charge is 0.478 e. The van der Waals surface area contributed by atoms with Gasteiger partial charge in [-0.3, -0.25) is 4.98 Å². The Morgan fingerprint density at radius 3 is 2.81 bits per heavy atom. The van der Waals surface area contributed by atoms with Crippen LogP contribution in [0.5, 0.6) is 0 Å². The number of para-hydroxylation sites is 1. The lowest BCUT2D eigenvalue weighted by Crippen LogP contribution is -2.18. The summed E-state index contributed by atoms with van der Waals surface area (Å²) in [6.07, 6.45) is 4.38. The molecule has 0 saturated heterocycles. The second-order valence-corrected chi connectivity index (χ2v) is 4.93. The smallest absolute Gasteiger partial charge is 0.328 e. The van der Waals surface area contributed by atoms with Gasteiger partial charge in [0.2, 0.25) is 0 Å². The van der Waals surface area contributed by atoms with Crippen molar-refractivity contribution in [2.24, 2.45) is 0 Å². The van der Waals surface area contributed by atoms with E-state index in [4.69, 9.17) is 16.7 Å². The lowest BCUT2D eigenvalue weighted by atomic mass is 10.1. The number of hydrogen-bond donors (Lipinski definition) is 1. The third-order valence-corrected chi connectivity index (χ3v) is 3.24. The molecule has 0 amide bonds. The van der Waals surface area contributed by atoms with Gasteiger partial charge >= 0.3 is 5.97 Å². The highest BCUT2D eigenvalue weighted by Crippen LogP contribution is 2.30. The SMILES string of the molecule is CN(Cc1ccccn1)c1c(Cl)cccc1/C=C/C(=O)O. The zero-order valence-electron chi connectivity index (χ0n) is 11.5. The topological polar surface area (TPSA) is 53.4 Å².